The van der Waals surface area contributed by atoms with Crippen molar-refractivity contribution in [2.24, 2.45) is 11.3 Å². The Morgan fingerprint density at radius 2 is 2.42 bits per heavy atom. The number of hydrogen-bond donors (Lipinski definition) is 0. The van der Waals surface area contributed by atoms with Gasteiger partial charge in [0.25, 0.3) is 0 Å². The number of allylic oxidation sites excluding steroid dienone is 2. The molecule has 2 rings (SSSR count). The molecule has 12 heavy (non-hydrogen) atoms. The maximum atomic E-state index is 11.5. The van der Waals surface area contributed by atoms with Gasteiger partial charge in [0, 0.05) is 5.41 Å². The molecule has 1 saturated carbocycles. The first kappa shape index (κ1) is 8.03. The van der Waals surface area contributed by atoms with Crippen molar-refractivity contribution in [2.45, 2.75) is 39.5 Å². The summed E-state index contributed by atoms with van der Waals surface area (Å²) in [6, 6.07) is 0. The summed E-state index contributed by atoms with van der Waals surface area (Å²) in [5.74, 6) is 1.10. The Labute approximate surface area is 73.8 Å². The SMILES string of the molecule is CC(=O)[C@@]12CC=C(C)C[C@@H]1CC2. The van der Waals surface area contributed by atoms with Crippen molar-refractivity contribution in [3.05, 3.63) is 11.6 Å². The second-order valence-corrected chi connectivity index (χ2v) is 4.41. The van der Waals surface area contributed by atoms with Crippen LogP contribution in [0, 0.1) is 11.3 Å². The highest BCUT2D eigenvalue weighted by molar-refractivity contribution is 5.84. The lowest BCUT2D eigenvalue weighted by molar-refractivity contribution is -0.137. The second kappa shape index (κ2) is 2.45. The van der Waals surface area contributed by atoms with Gasteiger partial charge in [-0.3, -0.25) is 4.79 Å². The van der Waals surface area contributed by atoms with Crippen LogP contribution in [0.1, 0.15) is 39.5 Å². The Hall–Kier alpha value is -0.590. The van der Waals surface area contributed by atoms with Crippen molar-refractivity contribution in [1.29, 1.82) is 0 Å². The molecule has 0 aromatic carbocycles. The predicted molar refractivity (Wildman–Crippen MR) is 48.8 cm³/mol. The molecule has 0 spiro atoms. The molecule has 0 bridgehead atoms. The van der Waals surface area contributed by atoms with E-state index in [1.54, 1.807) is 6.92 Å². The first-order valence-electron chi connectivity index (χ1n) is 4.82. The van der Waals surface area contributed by atoms with Crippen LogP contribution in [0.15, 0.2) is 11.6 Å². The quantitative estimate of drug-likeness (QED) is 0.544. The molecule has 1 heteroatoms. The van der Waals surface area contributed by atoms with Gasteiger partial charge in [0.1, 0.15) is 5.78 Å². The normalized spacial score (nSPS) is 39.5. The number of fused-ring (bicyclic) bond motifs is 1. The number of carbonyl (C=O) groups excluding carboxylic acids is 1. The molecule has 1 nitrogen and oxygen atoms in total. The Kier molecular flexibility index (Phi) is 1.64. The maximum Gasteiger partial charge on any atom is 0.136 e. The van der Waals surface area contributed by atoms with E-state index in [2.05, 4.69) is 13.0 Å². The Balaban J connectivity index is 2.24. The topological polar surface area (TPSA) is 17.1 Å². The molecule has 1 fully saturated rings. The molecular formula is C11H16O. The monoisotopic (exact) mass is 164 g/mol. The fraction of sp³-hybridized carbons (Fsp3) is 0.727. The van der Waals surface area contributed by atoms with Crippen molar-refractivity contribution in [3.8, 4) is 0 Å². The van der Waals surface area contributed by atoms with E-state index in [0.717, 1.165) is 12.8 Å². The van der Waals surface area contributed by atoms with E-state index >= 15 is 0 Å². The summed E-state index contributed by atoms with van der Waals surface area (Å²) in [5, 5.41) is 0. The summed E-state index contributed by atoms with van der Waals surface area (Å²) in [5.41, 5.74) is 1.57. The van der Waals surface area contributed by atoms with E-state index in [0.29, 0.717) is 11.7 Å². The van der Waals surface area contributed by atoms with Gasteiger partial charge in [-0.05, 0) is 45.4 Å². The van der Waals surface area contributed by atoms with E-state index in [4.69, 9.17) is 0 Å². The van der Waals surface area contributed by atoms with Gasteiger partial charge in [0.05, 0.1) is 0 Å². The average Bonchev–Trinajstić information content (AvgIpc) is 1.96. The van der Waals surface area contributed by atoms with Gasteiger partial charge < -0.3 is 0 Å². The summed E-state index contributed by atoms with van der Waals surface area (Å²) < 4.78 is 0. The molecule has 66 valence electrons. The lowest BCUT2D eigenvalue weighted by Crippen LogP contribution is -2.47. The van der Waals surface area contributed by atoms with Gasteiger partial charge in [0.15, 0.2) is 0 Å². The summed E-state index contributed by atoms with van der Waals surface area (Å²) in [6.07, 6.45) is 6.84. The Morgan fingerprint density at radius 1 is 1.67 bits per heavy atom. The number of rotatable bonds is 1. The molecule has 2 aliphatic rings. The molecule has 0 unspecified atom stereocenters. The molecule has 0 saturated heterocycles. The Morgan fingerprint density at radius 3 is 2.83 bits per heavy atom. The van der Waals surface area contributed by atoms with Crippen molar-refractivity contribution in [2.75, 3.05) is 0 Å². The van der Waals surface area contributed by atoms with Gasteiger partial charge in [-0.1, -0.05) is 11.6 Å². The zero-order chi connectivity index (χ0) is 8.77. The molecule has 2 aliphatic carbocycles. The fourth-order valence-corrected chi connectivity index (χ4v) is 2.70. The van der Waals surface area contributed by atoms with Gasteiger partial charge in [0.2, 0.25) is 0 Å². The number of Topliss-reactive ketones (excluding diaryl/α,β-unsaturated/α-hetero) is 1. The van der Waals surface area contributed by atoms with Crippen LogP contribution in [0.2, 0.25) is 0 Å². The summed E-state index contributed by atoms with van der Waals surface area (Å²) in [7, 11) is 0. The molecule has 0 amide bonds. The first-order valence-corrected chi connectivity index (χ1v) is 4.82. The number of hydrogen-bond acceptors (Lipinski definition) is 1. The van der Waals surface area contributed by atoms with Crippen molar-refractivity contribution in [3.63, 3.8) is 0 Å². The van der Waals surface area contributed by atoms with Gasteiger partial charge in [-0.15, -0.1) is 0 Å². The molecular weight excluding hydrogens is 148 g/mol. The Bertz CT molecular complexity index is 252. The van der Waals surface area contributed by atoms with E-state index < -0.39 is 0 Å². The first-order chi connectivity index (χ1) is 5.65. The lowest BCUT2D eigenvalue weighted by Gasteiger charge is -2.50. The van der Waals surface area contributed by atoms with E-state index in [1.807, 2.05) is 0 Å². The summed E-state index contributed by atoms with van der Waals surface area (Å²) in [4.78, 5) is 11.5. The standard InChI is InChI=1S/C11H16O/c1-8-3-5-11(9(2)12)6-4-10(11)7-8/h3,10H,4-7H2,1-2H3/t10-,11-/m0/s1. The van der Waals surface area contributed by atoms with Crippen LogP contribution in [0.25, 0.3) is 0 Å². The van der Waals surface area contributed by atoms with Crippen molar-refractivity contribution >= 4 is 5.78 Å². The number of ketones is 1. The molecule has 0 radical (unpaired) electrons. The van der Waals surface area contributed by atoms with E-state index in [-0.39, 0.29) is 5.41 Å². The van der Waals surface area contributed by atoms with Crippen LogP contribution in [0.4, 0.5) is 0 Å². The number of carbonyl (C=O) groups is 1. The largest absolute Gasteiger partial charge is 0.299 e. The highest BCUT2D eigenvalue weighted by Gasteiger charge is 2.50. The lowest BCUT2D eigenvalue weighted by atomic mass is 9.53. The van der Waals surface area contributed by atoms with Crippen LogP contribution in [0.5, 0.6) is 0 Å². The van der Waals surface area contributed by atoms with E-state index in [1.165, 1.54) is 18.4 Å². The zero-order valence-corrected chi connectivity index (χ0v) is 7.89. The molecule has 0 heterocycles. The van der Waals surface area contributed by atoms with Gasteiger partial charge in [-0.2, -0.15) is 0 Å². The van der Waals surface area contributed by atoms with Crippen LogP contribution in [-0.2, 0) is 4.79 Å². The average molecular weight is 164 g/mol. The van der Waals surface area contributed by atoms with Crippen LogP contribution in [0.3, 0.4) is 0 Å². The third-order valence-electron chi connectivity index (χ3n) is 3.80. The van der Waals surface area contributed by atoms with Crippen LogP contribution in [-0.4, -0.2) is 5.78 Å². The predicted octanol–water partition coefficient (Wildman–Crippen LogP) is 2.71. The second-order valence-electron chi connectivity index (χ2n) is 4.41. The third kappa shape index (κ3) is 0.886. The smallest absolute Gasteiger partial charge is 0.136 e. The molecule has 0 aliphatic heterocycles. The molecule has 0 aromatic heterocycles. The van der Waals surface area contributed by atoms with Crippen LogP contribution >= 0.6 is 0 Å². The van der Waals surface area contributed by atoms with Gasteiger partial charge in [-0.25, -0.2) is 0 Å². The van der Waals surface area contributed by atoms with Crippen LogP contribution < -0.4 is 0 Å². The molecule has 0 N–H and O–H groups in total. The fourth-order valence-electron chi connectivity index (χ4n) is 2.70. The van der Waals surface area contributed by atoms with Gasteiger partial charge >= 0.3 is 0 Å². The summed E-state index contributed by atoms with van der Waals surface area (Å²) in [6.45, 7) is 3.95. The minimum absolute atomic E-state index is 0.0828. The van der Waals surface area contributed by atoms with Crippen molar-refractivity contribution < 1.29 is 4.79 Å². The summed E-state index contributed by atoms with van der Waals surface area (Å²) >= 11 is 0. The van der Waals surface area contributed by atoms with E-state index in [9.17, 15) is 4.79 Å². The minimum atomic E-state index is 0.0828. The third-order valence-corrected chi connectivity index (χ3v) is 3.80. The zero-order valence-electron chi connectivity index (χ0n) is 7.89. The highest BCUT2D eigenvalue weighted by Crippen LogP contribution is 2.55. The molecule has 2 atom stereocenters. The molecule has 0 aromatic rings. The van der Waals surface area contributed by atoms with Crippen molar-refractivity contribution in [1.82, 2.24) is 0 Å². The minimum Gasteiger partial charge on any atom is -0.299 e. The highest BCUT2D eigenvalue weighted by atomic mass is 16.1. The maximum absolute atomic E-state index is 11.5.